The molecule has 0 aliphatic rings. The van der Waals surface area contributed by atoms with Gasteiger partial charge in [0.2, 0.25) is 0 Å². The number of H-pyrrole nitrogens is 1. The van der Waals surface area contributed by atoms with Crippen LogP contribution in [0.25, 0.3) is 0 Å². The van der Waals surface area contributed by atoms with Crippen molar-refractivity contribution < 1.29 is 4.74 Å². The molecule has 0 saturated carbocycles. The molecule has 1 N–H and O–H groups in total. The third-order valence-corrected chi connectivity index (χ3v) is 4.44. The standard InChI is InChI=1S/C20H15Cl2N3O2/c1-12-6-13(4-5-24-12)2-3-16-10-18(19(22)20(26)25-16)27-17-8-14(11-23)7-15(21)9-17/h4-10H,2-3H2,1H3,(H,25,26). The van der Waals surface area contributed by atoms with Crippen LogP contribution in [0.5, 0.6) is 11.5 Å². The van der Waals surface area contributed by atoms with Crippen LogP contribution in [0.3, 0.4) is 0 Å². The van der Waals surface area contributed by atoms with Crippen molar-refractivity contribution >= 4 is 23.2 Å². The molecule has 0 amide bonds. The van der Waals surface area contributed by atoms with Gasteiger partial charge in [-0.3, -0.25) is 9.78 Å². The van der Waals surface area contributed by atoms with Crippen molar-refractivity contribution in [2.75, 3.05) is 0 Å². The van der Waals surface area contributed by atoms with Crippen molar-refractivity contribution in [1.82, 2.24) is 9.97 Å². The number of halogens is 2. The van der Waals surface area contributed by atoms with Crippen LogP contribution in [0.1, 0.15) is 22.5 Å². The Morgan fingerprint density at radius 1 is 1.19 bits per heavy atom. The number of pyridine rings is 2. The average Bonchev–Trinajstić information content (AvgIpc) is 2.63. The zero-order valence-electron chi connectivity index (χ0n) is 14.4. The van der Waals surface area contributed by atoms with E-state index in [9.17, 15) is 4.79 Å². The fourth-order valence-electron chi connectivity index (χ4n) is 2.63. The number of hydrogen-bond donors (Lipinski definition) is 1. The maximum atomic E-state index is 12.2. The van der Waals surface area contributed by atoms with Crippen molar-refractivity contribution in [1.29, 1.82) is 5.26 Å². The first kappa shape index (κ1) is 19.0. The number of aromatic amines is 1. The Morgan fingerprint density at radius 2 is 2.00 bits per heavy atom. The third kappa shape index (κ3) is 4.88. The van der Waals surface area contributed by atoms with Gasteiger partial charge < -0.3 is 9.72 Å². The molecular weight excluding hydrogens is 385 g/mol. The molecule has 2 heterocycles. The summed E-state index contributed by atoms with van der Waals surface area (Å²) in [6.45, 7) is 1.93. The maximum Gasteiger partial charge on any atom is 0.270 e. The first-order valence-corrected chi connectivity index (χ1v) is 8.92. The van der Waals surface area contributed by atoms with Gasteiger partial charge in [0.15, 0.2) is 5.75 Å². The van der Waals surface area contributed by atoms with Crippen LogP contribution in [-0.4, -0.2) is 9.97 Å². The number of nitrogens with zero attached hydrogens (tertiary/aromatic N) is 2. The van der Waals surface area contributed by atoms with E-state index in [0.29, 0.717) is 28.5 Å². The van der Waals surface area contributed by atoms with Crippen molar-refractivity contribution in [3.05, 3.63) is 85.5 Å². The van der Waals surface area contributed by atoms with Crippen LogP contribution in [-0.2, 0) is 12.8 Å². The molecule has 0 aliphatic carbocycles. The van der Waals surface area contributed by atoms with Crippen LogP contribution in [0.15, 0.2) is 47.4 Å². The molecule has 0 atom stereocenters. The zero-order valence-corrected chi connectivity index (χ0v) is 15.9. The number of aromatic nitrogens is 2. The van der Waals surface area contributed by atoms with Gasteiger partial charge in [-0.1, -0.05) is 23.2 Å². The molecule has 27 heavy (non-hydrogen) atoms. The Morgan fingerprint density at radius 3 is 2.74 bits per heavy atom. The van der Waals surface area contributed by atoms with Gasteiger partial charge in [0.1, 0.15) is 10.8 Å². The highest BCUT2D eigenvalue weighted by Crippen LogP contribution is 2.30. The summed E-state index contributed by atoms with van der Waals surface area (Å²) in [4.78, 5) is 19.1. The molecule has 0 fully saturated rings. The minimum Gasteiger partial charge on any atom is -0.455 e. The molecule has 0 bridgehead atoms. The molecule has 1 aromatic carbocycles. The van der Waals surface area contributed by atoms with Gasteiger partial charge in [0.25, 0.3) is 5.56 Å². The van der Waals surface area contributed by atoms with Crippen molar-refractivity contribution in [2.45, 2.75) is 19.8 Å². The molecule has 0 saturated heterocycles. The Kier molecular flexibility index (Phi) is 5.80. The van der Waals surface area contributed by atoms with Gasteiger partial charge in [-0.25, -0.2) is 0 Å². The van der Waals surface area contributed by atoms with Gasteiger partial charge in [-0.2, -0.15) is 5.26 Å². The van der Waals surface area contributed by atoms with E-state index in [1.807, 2.05) is 25.1 Å². The summed E-state index contributed by atoms with van der Waals surface area (Å²) in [7, 11) is 0. The SMILES string of the molecule is Cc1cc(CCc2cc(Oc3cc(Cl)cc(C#N)c3)c(Cl)c(=O)[nH]2)ccn1. The summed E-state index contributed by atoms with van der Waals surface area (Å²) in [5.41, 5.74) is 2.67. The van der Waals surface area contributed by atoms with E-state index < -0.39 is 5.56 Å². The van der Waals surface area contributed by atoms with Crippen LogP contribution >= 0.6 is 23.2 Å². The van der Waals surface area contributed by atoms with Gasteiger partial charge in [-0.15, -0.1) is 0 Å². The highest BCUT2D eigenvalue weighted by atomic mass is 35.5. The molecule has 136 valence electrons. The van der Waals surface area contributed by atoms with Crippen LogP contribution in [0.4, 0.5) is 0 Å². The van der Waals surface area contributed by atoms with Crippen molar-refractivity contribution in [3.63, 3.8) is 0 Å². The second-order valence-electron chi connectivity index (χ2n) is 6.00. The number of rotatable bonds is 5. The number of nitrogens with one attached hydrogen (secondary N) is 1. The quantitative estimate of drug-likeness (QED) is 0.665. The molecule has 3 rings (SSSR count). The lowest BCUT2D eigenvalue weighted by Gasteiger charge is -2.10. The van der Waals surface area contributed by atoms with E-state index in [1.54, 1.807) is 18.3 Å². The number of hydrogen-bond acceptors (Lipinski definition) is 4. The molecule has 0 unspecified atom stereocenters. The Labute approximate surface area is 166 Å². The molecule has 0 radical (unpaired) electrons. The van der Waals surface area contributed by atoms with Crippen LogP contribution < -0.4 is 10.3 Å². The number of ether oxygens (including phenoxy) is 1. The summed E-state index contributed by atoms with van der Waals surface area (Å²) in [5.74, 6) is 0.551. The van der Waals surface area contributed by atoms with E-state index in [-0.39, 0.29) is 10.8 Å². The Balaban J connectivity index is 1.85. The highest BCUT2D eigenvalue weighted by molar-refractivity contribution is 6.32. The Bertz CT molecular complexity index is 1090. The number of nitriles is 1. The van der Waals surface area contributed by atoms with E-state index in [2.05, 4.69) is 9.97 Å². The highest BCUT2D eigenvalue weighted by Gasteiger charge is 2.11. The molecular formula is C20H15Cl2N3O2. The topological polar surface area (TPSA) is 78.8 Å². The summed E-state index contributed by atoms with van der Waals surface area (Å²) < 4.78 is 5.73. The second kappa shape index (κ2) is 8.26. The molecule has 0 aliphatic heterocycles. The average molecular weight is 400 g/mol. The van der Waals surface area contributed by atoms with Gasteiger partial charge >= 0.3 is 0 Å². The first-order valence-electron chi connectivity index (χ1n) is 8.16. The summed E-state index contributed by atoms with van der Waals surface area (Å²) in [6, 6.07) is 12.2. The minimum atomic E-state index is -0.433. The van der Waals surface area contributed by atoms with Crippen molar-refractivity contribution in [3.8, 4) is 17.6 Å². The monoisotopic (exact) mass is 399 g/mol. The summed E-state index contributed by atoms with van der Waals surface area (Å²) in [6.07, 6.45) is 3.09. The van der Waals surface area contributed by atoms with Gasteiger partial charge in [0, 0.05) is 28.7 Å². The smallest absolute Gasteiger partial charge is 0.270 e. The van der Waals surface area contributed by atoms with E-state index in [1.165, 1.54) is 12.1 Å². The summed E-state index contributed by atoms with van der Waals surface area (Å²) in [5, 5.41) is 9.34. The Hall–Kier alpha value is -2.81. The molecule has 3 aromatic rings. The van der Waals surface area contributed by atoms with Crippen LogP contribution in [0, 0.1) is 18.3 Å². The third-order valence-electron chi connectivity index (χ3n) is 3.87. The molecule has 2 aromatic heterocycles. The van der Waals surface area contributed by atoms with E-state index in [4.69, 9.17) is 33.2 Å². The number of aryl methyl sites for hydroxylation is 3. The minimum absolute atomic E-state index is 0.0583. The fraction of sp³-hybridized carbons (Fsp3) is 0.150. The lowest BCUT2D eigenvalue weighted by molar-refractivity contribution is 0.480. The number of benzene rings is 1. The second-order valence-corrected chi connectivity index (χ2v) is 6.81. The zero-order chi connectivity index (χ0) is 19.4. The summed E-state index contributed by atoms with van der Waals surface area (Å²) >= 11 is 12.1. The lowest BCUT2D eigenvalue weighted by Crippen LogP contribution is -2.11. The first-order chi connectivity index (χ1) is 12.9. The predicted molar refractivity (Wildman–Crippen MR) is 105 cm³/mol. The largest absolute Gasteiger partial charge is 0.455 e. The van der Waals surface area contributed by atoms with E-state index in [0.717, 1.165) is 17.7 Å². The maximum absolute atomic E-state index is 12.2. The van der Waals surface area contributed by atoms with Crippen LogP contribution in [0.2, 0.25) is 10.0 Å². The van der Waals surface area contributed by atoms with Crippen molar-refractivity contribution in [2.24, 2.45) is 0 Å². The fourth-order valence-corrected chi connectivity index (χ4v) is 3.00. The van der Waals surface area contributed by atoms with Gasteiger partial charge in [0.05, 0.1) is 11.6 Å². The molecule has 7 heteroatoms. The van der Waals surface area contributed by atoms with Gasteiger partial charge in [-0.05, 0) is 55.7 Å². The molecule has 5 nitrogen and oxygen atoms in total. The molecule has 0 spiro atoms. The lowest BCUT2D eigenvalue weighted by atomic mass is 10.1. The predicted octanol–water partition coefficient (Wildman–Crippen LogP) is 4.83. The van der Waals surface area contributed by atoms with E-state index >= 15 is 0 Å². The normalized spacial score (nSPS) is 10.4.